The highest BCUT2D eigenvalue weighted by Crippen LogP contribution is 2.33. The monoisotopic (exact) mass is 405 g/mol. The van der Waals surface area contributed by atoms with Crippen LogP contribution in [0.25, 0.3) is 0 Å². The number of nitrogens with one attached hydrogen (secondary N) is 1. The molecule has 2 aromatic rings. The first-order chi connectivity index (χ1) is 14.6. The first kappa shape index (κ1) is 21.1. The highest BCUT2D eigenvalue weighted by atomic mass is 16.1. The molecule has 2 aliphatic rings. The molecule has 1 heterocycles. The van der Waals surface area contributed by atoms with Gasteiger partial charge in [-0.15, -0.1) is 0 Å². The average molecular weight is 406 g/mol. The topological polar surface area (TPSA) is 24.8 Å². The SMILES string of the molecule is Cc1cc(N2CC[NH+]([C@@H](C)c3ccc(C4CCCCC4)cc3)CC2)c(C)cc1C=O. The van der Waals surface area contributed by atoms with E-state index in [1.807, 2.05) is 13.0 Å². The van der Waals surface area contributed by atoms with Gasteiger partial charge in [0.05, 0.1) is 26.2 Å². The number of hydrogen-bond acceptors (Lipinski definition) is 2. The Morgan fingerprint density at radius 3 is 2.27 bits per heavy atom. The third kappa shape index (κ3) is 4.46. The summed E-state index contributed by atoms with van der Waals surface area (Å²) in [5, 5.41) is 0. The van der Waals surface area contributed by atoms with E-state index in [1.54, 1.807) is 10.5 Å². The number of aryl methyl sites for hydroxylation is 2. The van der Waals surface area contributed by atoms with Crippen LogP contribution in [0, 0.1) is 13.8 Å². The second-order valence-electron chi connectivity index (χ2n) is 9.48. The molecule has 0 aromatic heterocycles. The maximum Gasteiger partial charge on any atom is 0.150 e. The highest BCUT2D eigenvalue weighted by molar-refractivity contribution is 5.79. The molecular weight excluding hydrogens is 368 g/mol. The molecule has 1 aliphatic heterocycles. The van der Waals surface area contributed by atoms with Crippen molar-refractivity contribution < 1.29 is 9.69 Å². The van der Waals surface area contributed by atoms with E-state index in [1.165, 1.54) is 48.9 Å². The summed E-state index contributed by atoms with van der Waals surface area (Å²) in [6.07, 6.45) is 7.92. The van der Waals surface area contributed by atoms with E-state index in [0.717, 1.165) is 49.5 Å². The number of carbonyl (C=O) groups is 1. The maximum atomic E-state index is 11.2. The molecule has 0 radical (unpaired) electrons. The minimum absolute atomic E-state index is 0.535. The van der Waals surface area contributed by atoms with Gasteiger partial charge in [-0.25, -0.2) is 0 Å². The number of carbonyl (C=O) groups excluding carboxylic acids is 1. The Balaban J connectivity index is 1.38. The lowest BCUT2D eigenvalue weighted by Crippen LogP contribution is -3.14. The smallest absolute Gasteiger partial charge is 0.150 e. The fraction of sp³-hybridized carbons (Fsp3) is 0.519. The Labute approximate surface area is 182 Å². The van der Waals surface area contributed by atoms with Crippen molar-refractivity contribution in [2.24, 2.45) is 0 Å². The lowest BCUT2D eigenvalue weighted by molar-refractivity contribution is -0.930. The lowest BCUT2D eigenvalue weighted by atomic mass is 9.83. The van der Waals surface area contributed by atoms with Crippen LogP contribution in [0.3, 0.4) is 0 Å². The zero-order valence-corrected chi connectivity index (χ0v) is 18.9. The summed E-state index contributed by atoms with van der Waals surface area (Å²) in [6, 6.07) is 14.3. The van der Waals surface area contributed by atoms with Crippen molar-refractivity contribution in [2.45, 2.75) is 64.8 Å². The molecule has 0 unspecified atom stereocenters. The fourth-order valence-corrected chi connectivity index (χ4v) is 5.49. The van der Waals surface area contributed by atoms with Crippen molar-refractivity contribution in [3.05, 3.63) is 64.2 Å². The molecule has 1 saturated heterocycles. The number of hydrogen-bond donors (Lipinski definition) is 1. The normalized spacial score (nSPS) is 19.6. The van der Waals surface area contributed by atoms with Crippen LogP contribution < -0.4 is 9.80 Å². The summed E-state index contributed by atoms with van der Waals surface area (Å²) < 4.78 is 0. The van der Waals surface area contributed by atoms with Crippen LogP contribution in [0.5, 0.6) is 0 Å². The van der Waals surface area contributed by atoms with Gasteiger partial charge in [0.15, 0.2) is 0 Å². The van der Waals surface area contributed by atoms with E-state index in [-0.39, 0.29) is 0 Å². The van der Waals surface area contributed by atoms with Crippen molar-refractivity contribution in [2.75, 3.05) is 31.1 Å². The standard InChI is InChI=1S/C27H36N2O/c1-20-18-27(21(2)17-26(20)19-30)29-15-13-28(14-16-29)22(3)23-9-11-25(12-10-23)24-7-5-4-6-8-24/h9-12,17-19,22,24H,4-8,13-16H2,1-3H3/p+1/t22-/m0/s1. The minimum Gasteiger partial charge on any atom is -0.360 e. The molecule has 4 rings (SSSR count). The minimum atomic E-state index is 0.535. The third-order valence-electron chi connectivity index (χ3n) is 7.58. The van der Waals surface area contributed by atoms with Crippen LogP contribution >= 0.6 is 0 Å². The Hall–Kier alpha value is -2.13. The molecule has 2 fully saturated rings. The molecule has 3 nitrogen and oxygen atoms in total. The van der Waals surface area contributed by atoms with Gasteiger partial charge in [-0.3, -0.25) is 4.79 Å². The average Bonchev–Trinajstić information content (AvgIpc) is 2.80. The number of aldehydes is 1. The summed E-state index contributed by atoms with van der Waals surface area (Å²) in [4.78, 5) is 15.4. The van der Waals surface area contributed by atoms with Gasteiger partial charge in [-0.2, -0.15) is 0 Å². The van der Waals surface area contributed by atoms with E-state index in [4.69, 9.17) is 0 Å². The first-order valence-corrected chi connectivity index (χ1v) is 11.8. The number of benzene rings is 2. The summed E-state index contributed by atoms with van der Waals surface area (Å²) in [6.45, 7) is 11.0. The molecule has 1 aliphatic carbocycles. The van der Waals surface area contributed by atoms with Crippen molar-refractivity contribution >= 4 is 12.0 Å². The van der Waals surface area contributed by atoms with Gasteiger partial charge < -0.3 is 9.80 Å². The van der Waals surface area contributed by atoms with E-state index >= 15 is 0 Å². The molecule has 160 valence electrons. The fourth-order valence-electron chi connectivity index (χ4n) is 5.49. The van der Waals surface area contributed by atoms with Gasteiger partial charge in [0.25, 0.3) is 0 Å². The van der Waals surface area contributed by atoms with Crippen molar-refractivity contribution in [1.29, 1.82) is 0 Å². The Bertz CT molecular complexity index is 859. The molecule has 2 aromatic carbocycles. The van der Waals surface area contributed by atoms with Gasteiger partial charge >= 0.3 is 0 Å². The van der Waals surface area contributed by atoms with Crippen LogP contribution in [-0.4, -0.2) is 32.5 Å². The van der Waals surface area contributed by atoms with E-state index in [0.29, 0.717) is 6.04 Å². The van der Waals surface area contributed by atoms with Crippen molar-refractivity contribution in [1.82, 2.24) is 0 Å². The predicted octanol–water partition coefficient (Wildman–Crippen LogP) is 4.63. The van der Waals surface area contributed by atoms with Gasteiger partial charge in [0.1, 0.15) is 12.3 Å². The number of anilines is 1. The number of quaternary nitrogens is 1. The second-order valence-corrected chi connectivity index (χ2v) is 9.48. The molecule has 30 heavy (non-hydrogen) atoms. The van der Waals surface area contributed by atoms with Crippen LogP contribution in [-0.2, 0) is 0 Å². The molecule has 0 bridgehead atoms. The third-order valence-corrected chi connectivity index (χ3v) is 7.58. The van der Waals surface area contributed by atoms with Gasteiger partial charge in [-0.1, -0.05) is 43.5 Å². The Morgan fingerprint density at radius 1 is 0.967 bits per heavy atom. The van der Waals surface area contributed by atoms with Crippen molar-refractivity contribution in [3.63, 3.8) is 0 Å². The zero-order chi connectivity index (χ0) is 21.1. The van der Waals surface area contributed by atoms with E-state index in [2.05, 4.69) is 49.1 Å². The molecular formula is C27H37N2O+. The van der Waals surface area contributed by atoms with Crippen LogP contribution in [0.1, 0.15) is 83.6 Å². The molecule has 1 atom stereocenters. The lowest BCUT2D eigenvalue weighted by Gasteiger charge is -2.37. The maximum absolute atomic E-state index is 11.2. The molecule has 0 spiro atoms. The van der Waals surface area contributed by atoms with Crippen LogP contribution in [0.2, 0.25) is 0 Å². The summed E-state index contributed by atoms with van der Waals surface area (Å²) in [5.41, 5.74) is 7.41. The van der Waals surface area contributed by atoms with Crippen LogP contribution in [0.4, 0.5) is 5.69 Å². The zero-order valence-electron chi connectivity index (χ0n) is 18.9. The van der Waals surface area contributed by atoms with Crippen molar-refractivity contribution in [3.8, 4) is 0 Å². The summed E-state index contributed by atoms with van der Waals surface area (Å²) >= 11 is 0. The highest BCUT2D eigenvalue weighted by Gasteiger charge is 2.27. The van der Waals surface area contributed by atoms with E-state index in [9.17, 15) is 4.79 Å². The Morgan fingerprint density at radius 2 is 1.63 bits per heavy atom. The molecule has 1 N–H and O–H groups in total. The van der Waals surface area contributed by atoms with Gasteiger partial charge in [0.2, 0.25) is 0 Å². The quantitative estimate of drug-likeness (QED) is 0.734. The second kappa shape index (κ2) is 9.34. The number of nitrogens with zero attached hydrogens (tertiary/aromatic N) is 1. The van der Waals surface area contributed by atoms with Gasteiger partial charge in [0, 0.05) is 16.8 Å². The molecule has 0 amide bonds. The molecule has 3 heteroatoms. The van der Waals surface area contributed by atoms with Crippen LogP contribution in [0.15, 0.2) is 36.4 Å². The Kier molecular flexibility index (Phi) is 6.58. The summed E-state index contributed by atoms with van der Waals surface area (Å²) in [7, 11) is 0. The largest absolute Gasteiger partial charge is 0.360 e. The predicted molar refractivity (Wildman–Crippen MR) is 125 cm³/mol. The van der Waals surface area contributed by atoms with E-state index < -0.39 is 0 Å². The van der Waals surface area contributed by atoms with Gasteiger partial charge in [-0.05, 0) is 68.4 Å². The number of piperazine rings is 1. The first-order valence-electron chi connectivity index (χ1n) is 11.8. The number of rotatable bonds is 5. The summed E-state index contributed by atoms with van der Waals surface area (Å²) in [5.74, 6) is 0.788. The molecule has 1 saturated carbocycles.